The van der Waals surface area contributed by atoms with Gasteiger partial charge in [-0.15, -0.1) is 0 Å². The lowest BCUT2D eigenvalue weighted by Crippen LogP contribution is -2.37. The molecule has 33 heavy (non-hydrogen) atoms. The average molecular weight is 485 g/mol. The van der Waals surface area contributed by atoms with E-state index in [0.29, 0.717) is 29.3 Å². The number of thiocarbonyl (C=S) groups is 1. The minimum absolute atomic E-state index is 0.0459. The number of amides is 2. The van der Waals surface area contributed by atoms with E-state index in [-0.39, 0.29) is 16.8 Å². The van der Waals surface area contributed by atoms with E-state index in [2.05, 4.69) is 0 Å². The summed E-state index contributed by atoms with van der Waals surface area (Å²) in [6.07, 6.45) is 1.66. The van der Waals surface area contributed by atoms with Crippen LogP contribution in [0.2, 0.25) is 0 Å². The maximum atomic E-state index is 13.0. The molecule has 0 aromatic heterocycles. The number of aliphatic carboxylic acids is 1. The van der Waals surface area contributed by atoms with Crippen molar-refractivity contribution in [2.24, 2.45) is 0 Å². The Kier molecular flexibility index (Phi) is 8.24. The van der Waals surface area contributed by atoms with Gasteiger partial charge in [0.1, 0.15) is 10.1 Å². The van der Waals surface area contributed by atoms with Gasteiger partial charge in [-0.2, -0.15) is 0 Å². The van der Waals surface area contributed by atoms with E-state index in [0.717, 1.165) is 22.2 Å². The molecule has 0 spiro atoms. The van der Waals surface area contributed by atoms with Gasteiger partial charge in [0.25, 0.3) is 11.8 Å². The summed E-state index contributed by atoms with van der Waals surface area (Å²) in [6.45, 7) is 5.04. The van der Waals surface area contributed by atoms with Crippen LogP contribution >= 0.6 is 24.0 Å². The second-order valence-electron chi connectivity index (χ2n) is 7.13. The summed E-state index contributed by atoms with van der Waals surface area (Å²) in [5.74, 6) is -1.15. The minimum Gasteiger partial charge on any atom is -0.484 e. The van der Waals surface area contributed by atoms with Crippen LogP contribution in [0.15, 0.2) is 59.5 Å². The fourth-order valence-electron chi connectivity index (χ4n) is 3.36. The maximum absolute atomic E-state index is 13.0. The summed E-state index contributed by atoms with van der Waals surface area (Å²) in [4.78, 5) is 40.2. The zero-order valence-corrected chi connectivity index (χ0v) is 19.9. The fourth-order valence-corrected chi connectivity index (χ4v) is 4.68. The van der Waals surface area contributed by atoms with Crippen molar-refractivity contribution >= 4 is 52.2 Å². The van der Waals surface area contributed by atoms with Gasteiger partial charge in [0, 0.05) is 13.1 Å². The van der Waals surface area contributed by atoms with Crippen molar-refractivity contribution in [2.45, 2.75) is 19.9 Å². The third-order valence-electron chi connectivity index (χ3n) is 5.09. The molecule has 2 aromatic carbocycles. The molecule has 1 N–H and O–H groups in total. The summed E-state index contributed by atoms with van der Waals surface area (Å²) in [6, 6.07) is 14.3. The standard InChI is InChI=1S/C24H24N2O5S2/c1-3-25(4-2)20(27)15-31-18-12-10-16(11-13-18)14-19-22(28)26(24(32)33-19)21(23(29)30)17-8-6-5-7-9-17/h5-14,21H,3-4,15H2,1-2H3,(H,29,30)/b19-14+. The smallest absolute Gasteiger partial charge is 0.331 e. The van der Waals surface area contributed by atoms with Crippen molar-refractivity contribution in [2.75, 3.05) is 19.7 Å². The van der Waals surface area contributed by atoms with Gasteiger partial charge in [-0.25, -0.2) is 4.79 Å². The molecular formula is C24H24N2O5S2. The predicted octanol–water partition coefficient (Wildman–Crippen LogP) is 3.96. The van der Waals surface area contributed by atoms with Crippen LogP contribution in [0.25, 0.3) is 6.08 Å². The first-order chi connectivity index (χ1) is 15.8. The van der Waals surface area contributed by atoms with Gasteiger partial charge in [-0.05, 0) is 43.2 Å². The Morgan fingerprint density at radius 3 is 2.33 bits per heavy atom. The molecule has 9 heteroatoms. The highest BCUT2D eigenvalue weighted by atomic mass is 32.2. The Morgan fingerprint density at radius 2 is 1.76 bits per heavy atom. The van der Waals surface area contributed by atoms with Crippen molar-refractivity contribution < 1.29 is 24.2 Å². The van der Waals surface area contributed by atoms with Gasteiger partial charge in [0.05, 0.1) is 4.91 Å². The largest absolute Gasteiger partial charge is 0.484 e. The van der Waals surface area contributed by atoms with E-state index in [1.807, 2.05) is 13.8 Å². The molecule has 7 nitrogen and oxygen atoms in total. The highest BCUT2D eigenvalue weighted by Gasteiger charge is 2.41. The number of carbonyl (C=O) groups excluding carboxylic acids is 2. The van der Waals surface area contributed by atoms with Crippen LogP contribution < -0.4 is 4.74 Å². The second kappa shape index (κ2) is 11.1. The number of rotatable bonds is 9. The Labute approximate surface area is 202 Å². The lowest BCUT2D eigenvalue weighted by Gasteiger charge is -2.23. The highest BCUT2D eigenvalue weighted by Crippen LogP contribution is 2.38. The Balaban J connectivity index is 1.72. The zero-order valence-electron chi connectivity index (χ0n) is 18.3. The van der Waals surface area contributed by atoms with E-state index in [4.69, 9.17) is 17.0 Å². The number of hydrogen-bond acceptors (Lipinski definition) is 6. The molecule has 0 aliphatic carbocycles. The molecule has 1 fully saturated rings. The number of carboxylic acid groups (broad SMARTS) is 1. The number of likely N-dealkylation sites (N-methyl/N-ethyl adjacent to an activating group) is 1. The number of nitrogens with zero attached hydrogens (tertiary/aromatic N) is 2. The van der Waals surface area contributed by atoms with Crippen LogP contribution in [0.5, 0.6) is 5.75 Å². The molecular weight excluding hydrogens is 460 g/mol. The summed E-state index contributed by atoms with van der Waals surface area (Å²) in [7, 11) is 0. The second-order valence-corrected chi connectivity index (χ2v) is 8.80. The molecule has 1 atom stereocenters. The van der Waals surface area contributed by atoms with Gasteiger partial charge in [0.2, 0.25) is 0 Å². The van der Waals surface area contributed by atoms with Crippen LogP contribution in [0.3, 0.4) is 0 Å². The molecule has 1 unspecified atom stereocenters. The SMILES string of the molecule is CCN(CC)C(=O)COc1ccc(/C=C2/SC(=S)N(C(C(=O)O)c3ccccc3)C2=O)cc1. The molecule has 0 radical (unpaired) electrons. The van der Waals surface area contributed by atoms with Crippen LogP contribution in [-0.2, 0) is 14.4 Å². The number of ether oxygens (including phenoxy) is 1. The fraction of sp³-hybridized carbons (Fsp3) is 0.250. The molecule has 0 bridgehead atoms. The van der Waals surface area contributed by atoms with Gasteiger partial charge in [-0.3, -0.25) is 14.5 Å². The number of hydrogen-bond donors (Lipinski definition) is 1. The lowest BCUT2D eigenvalue weighted by atomic mass is 10.1. The molecule has 172 valence electrons. The first kappa shape index (κ1) is 24.5. The molecule has 2 amide bonds. The van der Waals surface area contributed by atoms with E-state index < -0.39 is 17.9 Å². The van der Waals surface area contributed by atoms with Crippen molar-refractivity contribution in [3.05, 3.63) is 70.6 Å². The van der Waals surface area contributed by atoms with Crippen LogP contribution in [0.4, 0.5) is 0 Å². The summed E-state index contributed by atoms with van der Waals surface area (Å²) >= 11 is 6.40. The Hall–Kier alpha value is -3.17. The monoisotopic (exact) mass is 484 g/mol. The normalized spacial score (nSPS) is 15.6. The molecule has 1 aliphatic rings. The Morgan fingerprint density at radius 1 is 1.12 bits per heavy atom. The summed E-state index contributed by atoms with van der Waals surface area (Å²) in [5, 5.41) is 9.76. The van der Waals surface area contributed by atoms with Gasteiger partial charge in [-0.1, -0.05) is 66.4 Å². The van der Waals surface area contributed by atoms with Crippen LogP contribution in [0.1, 0.15) is 31.0 Å². The molecule has 3 rings (SSSR count). The average Bonchev–Trinajstić information content (AvgIpc) is 3.08. The topological polar surface area (TPSA) is 87.2 Å². The molecule has 2 aromatic rings. The Bertz CT molecular complexity index is 1070. The first-order valence-corrected chi connectivity index (χ1v) is 11.6. The van der Waals surface area contributed by atoms with Crippen molar-refractivity contribution in [3.63, 3.8) is 0 Å². The number of carboxylic acids is 1. The number of carbonyl (C=O) groups is 3. The molecule has 0 saturated carbocycles. The number of benzene rings is 2. The van der Waals surface area contributed by atoms with Crippen molar-refractivity contribution in [3.8, 4) is 5.75 Å². The van der Waals surface area contributed by atoms with Gasteiger partial charge in [0.15, 0.2) is 12.6 Å². The highest BCUT2D eigenvalue weighted by molar-refractivity contribution is 8.26. The maximum Gasteiger partial charge on any atom is 0.331 e. The van der Waals surface area contributed by atoms with Gasteiger partial charge < -0.3 is 14.7 Å². The lowest BCUT2D eigenvalue weighted by molar-refractivity contribution is -0.145. The van der Waals surface area contributed by atoms with E-state index in [9.17, 15) is 19.5 Å². The number of thioether (sulfide) groups is 1. The first-order valence-electron chi connectivity index (χ1n) is 10.4. The molecule has 1 aliphatic heterocycles. The molecule has 1 heterocycles. The van der Waals surface area contributed by atoms with Gasteiger partial charge >= 0.3 is 5.97 Å². The third-order valence-corrected chi connectivity index (χ3v) is 6.42. The zero-order chi connectivity index (χ0) is 24.0. The molecule has 1 saturated heterocycles. The van der Waals surface area contributed by atoms with Crippen LogP contribution in [0, 0.1) is 0 Å². The van der Waals surface area contributed by atoms with E-state index >= 15 is 0 Å². The summed E-state index contributed by atoms with van der Waals surface area (Å²) in [5.41, 5.74) is 1.20. The van der Waals surface area contributed by atoms with E-state index in [1.54, 1.807) is 65.6 Å². The summed E-state index contributed by atoms with van der Waals surface area (Å²) < 4.78 is 5.75. The van der Waals surface area contributed by atoms with Crippen molar-refractivity contribution in [1.29, 1.82) is 0 Å². The minimum atomic E-state index is -1.19. The van der Waals surface area contributed by atoms with Crippen molar-refractivity contribution in [1.82, 2.24) is 9.80 Å². The predicted molar refractivity (Wildman–Crippen MR) is 132 cm³/mol. The quantitative estimate of drug-likeness (QED) is 0.426. The third kappa shape index (κ3) is 5.80. The van der Waals surface area contributed by atoms with E-state index in [1.165, 1.54) is 0 Å². The van der Waals surface area contributed by atoms with Crippen LogP contribution in [-0.4, -0.2) is 56.7 Å².